The lowest BCUT2D eigenvalue weighted by Crippen LogP contribution is -2.35. The number of methoxy groups -OCH3 is 1. The van der Waals surface area contributed by atoms with Crippen LogP contribution in [0.5, 0.6) is 17.2 Å². The van der Waals surface area contributed by atoms with Crippen molar-refractivity contribution in [1.82, 2.24) is 5.09 Å². The molecular formula is C27H34NO9P. The Kier molecular flexibility index (Phi) is 9.96. The summed E-state index contributed by atoms with van der Waals surface area (Å²) >= 11 is 0. The standard InChI is InChI=1S/C27H34NO9P/c1-6-35-26(30)19(4)28-38(32,37-20-10-8-7-9-11-20)16-34-14-17(2)12-13-21-24(29)23-22(15-36-27(23)31)18(3)25(21)33-5/h7-12,19,29H,6,13-16H2,1-5H3,(H,28,32)/b17-12+. The van der Waals surface area contributed by atoms with Crippen LogP contribution in [0.25, 0.3) is 0 Å². The Hall–Kier alpha value is -3.33. The highest BCUT2D eigenvalue weighted by Crippen LogP contribution is 2.44. The van der Waals surface area contributed by atoms with Crippen molar-refractivity contribution in [2.45, 2.75) is 46.8 Å². The third-order valence-electron chi connectivity index (χ3n) is 5.92. The van der Waals surface area contributed by atoms with Crippen molar-refractivity contribution in [2.24, 2.45) is 0 Å². The summed E-state index contributed by atoms with van der Waals surface area (Å²) in [5.74, 6) is -0.423. The van der Waals surface area contributed by atoms with Gasteiger partial charge in [-0.2, -0.15) is 0 Å². The van der Waals surface area contributed by atoms with Gasteiger partial charge in [-0.05, 0) is 51.8 Å². The van der Waals surface area contributed by atoms with Gasteiger partial charge in [0.2, 0.25) is 0 Å². The zero-order valence-corrected chi connectivity index (χ0v) is 23.1. The number of rotatable bonds is 13. The minimum atomic E-state index is -3.66. The molecule has 1 aliphatic heterocycles. The fraction of sp³-hybridized carbons (Fsp3) is 0.407. The van der Waals surface area contributed by atoms with Gasteiger partial charge in [-0.1, -0.05) is 29.8 Å². The largest absolute Gasteiger partial charge is 0.507 e. The maximum absolute atomic E-state index is 13.6. The number of esters is 2. The molecule has 2 unspecified atom stereocenters. The first-order chi connectivity index (χ1) is 18.1. The van der Waals surface area contributed by atoms with E-state index in [4.69, 9.17) is 23.5 Å². The SMILES string of the molecule is CCOC(=O)C(C)NP(=O)(COC/C(C)=C/Cc1c(O)c2c(c(C)c1OC)COC2=O)Oc1ccccc1. The fourth-order valence-electron chi connectivity index (χ4n) is 4.05. The molecule has 2 atom stereocenters. The Bertz CT molecular complexity index is 1240. The molecule has 0 aliphatic carbocycles. The molecule has 2 aromatic rings. The van der Waals surface area contributed by atoms with Crippen molar-refractivity contribution >= 4 is 19.5 Å². The lowest BCUT2D eigenvalue weighted by Gasteiger charge is -2.23. The summed E-state index contributed by atoms with van der Waals surface area (Å²) in [6.07, 6.45) is 1.78. The van der Waals surface area contributed by atoms with E-state index in [-0.39, 0.29) is 43.9 Å². The summed E-state index contributed by atoms with van der Waals surface area (Å²) in [7, 11) is -2.16. The highest BCUT2D eigenvalue weighted by Gasteiger charge is 2.32. The van der Waals surface area contributed by atoms with Gasteiger partial charge in [-0.15, -0.1) is 0 Å². The highest BCUT2D eigenvalue weighted by atomic mass is 31.2. The number of fused-ring (bicyclic) bond motifs is 1. The van der Waals surface area contributed by atoms with Crippen molar-refractivity contribution < 1.29 is 42.7 Å². The number of cyclic esters (lactones) is 1. The molecule has 0 fully saturated rings. The minimum Gasteiger partial charge on any atom is -0.507 e. The zero-order chi connectivity index (χ0) is 27.9. The summed E-state index contributed by atoms with van der Waals surface area (Å²) in [6.45, 7) is 7.26. The number of benzene rings is 2. The number of aromatic hydroxyl groups is 1. The van der Waals surface area contributed by atoms with E-state index in [1.54, 1.807) is 44.2 Å². The average Bonchev–Trinajstić information content (AvgIpc) is 3.27. The van der Waals surface area contributed by atoms with Crippen LogP contribution >= 0.6 is 7.52 Å². The van der Waals surface area contributed by atoms with E-state index in [1.165, 1.54) is 7.11 Å². The first kappa shape index (κ1) is 29.2. The van der Waals surface area contributed by atoms with Crippen molar-refractivity contribution in [3.63, 3.8) is 0 Å². The second kappa shape index (κ2) is 13.0. The molecule has 0 saturated heterocycles. The van der Waals surface area contributed by atoms with Gasteiger partial charge in [0.15, 0.2) is 0 Å². The van der Waals surface area contributed by atoms with Crippen LogP contribution in [0, 0.1) is 6.92 Å². The monoisotopic (exact) mass is 547 g/mol. The molecule has 0 radical (unpaired) electrons. The molecule has 0 aromatic heterocycles. The van der Waals surface area contributed by atoms with Crippen LogP contribution < -0.4 is 14.3 Å². The van der Waals surface area contributed by atoms with Gasteiger partial charge in [0, 0.05) is 11.1 Å². The fourth-order valence-corrected chi connectivity index (χ4v) is 5.72. The predicted octanol–water partition coefficient (Wildman–Crippen LogP) is 4.66. The third-order valence-corrected chi connectivity index (χ3v) is 7.73. The van der Waals surface area contributed by atoms with Gasteiger partial charge in [-0.3, -0.25) is 9.36 Å². The molecule has 0 saturated carbocycles. The summed E-state index contributed by atoms with van der Waals surface area (Å²) in [5.41, 5.74) is 2.77. The molecule has 38 heavy (non-hydrogen) atoms. The van der Waals surface area contributed by atoms with Crippen LogP contribution in [0.3, 0.4) is 0 Å². The molecule has 11 heteroatoms. The smallest absolute Gasteiger partial charge is 0.342 e. The second-order valence-electron chi connectivity index (χ2n) is 8.83. The molecule has 0 amide bonds. The van der Waals surface area contributed by atoms with Crippen LogP contribution in [-0.2, 0) is 36.6 Å². The topological polar surface area (TPSA) is 130 Å². The maximum Gasteiger partial charge on any atom is 0.342 e. The molecule has 0 bridgehead atoms. The van der Waals surface area contributed by atoms with Crippen molar-refractivity contribution in [3.05, 3.63) is 64.2 Å². The van der Waals surface area contributed by atoms with Gasteiger partial charge in [0.25, 0.3) is 0 Å². The molecule has 206 valence electrons. The van der Waals surface area contributed by atoms with E-state index in [2.05, 4.69) is 5.09 Å². The van der Waals surface area contributed by atoms with E-state index in [9.17, 15) is 19.3 Å². The molecule has 1 heterocycles. The molecule has 2 aromatic carbocycles. The number of phenolic OH excluding ortho intramolecular Hbond substituents is 1. The first-order valence-corrected chi connectivity index (χ1v) is 14.0. The Labute approximate surface area is 222 Å². The number of hydrogen-bond donors (Lipinski definition) is 2. The molecule has 10 nitrogen and oxygen atoms in total. The number of carbonyl (C=O) groups is 2. The van der Waals surface area contributed by atoms with Gasteiger partial charge in [0.05, 0.1) is 20.3 Å². The number of nitrogens with one attached hydrogen (secondary N) is 1. The van der Waals surface area contributed by atoms with Gasteiger partial charge in [0.1, 0.15) is 41.8 Å². The number of ether oxygens (including phenoxy) is 4. The Morgan fingerprint density at radius 3 is 2.66 bits per heavy atom. The summed E-state index contributed by atoms with van der Waals surface area (Å²) in [4.78, 5) is 24.2. The number of phenols is 1. The van der Waals surface area contributed by atoms with Gasteiger partial charge < -0.3 is 28.6 Å². The number of allylic oxidation sites excluding steroid dienone is 1. The number of para-hydroxylation sites is 1. The number of carbonyl (C=O) groups excluding carboxylic acids is 2. The molecule has 1 aliphatic rings. The quantitative estimate of drug-likeness (QED) is 0.208. The lowest BCUT2D eigenvalue weighted by molar-refractivity contribution is -0.144. The normalized spacial score (nSPS) is 15.3. The maximum atomic E-state index is 13.6. The van der Waals surface area contributed by atoms with Crippen molar-refractivity contribution in [2.75, 3.05) is 26.7 Å². The Balaban J connectivity index is 1.71. The van der Waals surface area contributed by atoms with Crippen LogP contribution in [-0.4, -0.2) is 49.8 Å². The van der Waals surface area contributed by atoms with E-state index in [0.29, 0.717) is 22.6 Å². The van der Waals surface area contributed by atoms with Crippen molar-refractivity contribution in [1.29, 1.82) is 0 Å². The second-order valence-corrected chi connectivity index (χ2v) is 10.9. The summed E-state index contributed by atoms with van der Waals surface area (Å²) in [5, 5.41) is 13.5. The van der Waals surface area contributed by atoms with Crippen LogP contribution in [0.1, 0.15) is 47.8 Å². The predicted molar refractivity (Wildman–Crippen MR) is 141 cm³/mol. The third kappa shape index (κ3) is 6.95. The van der Waals surface area contributed by atoms with E-state index < -0.39 is 25.5 Å². The highest BCUT2D eigenvalue weighted by molar-refractivity contribution is 7.57. The van der Waals surface area contributed by atoms with E-state index in [1.807, 2.05) is 19.9 Å². The van der Waals surface area contributed by atoms with Crippen molar-refractivity contribution in [3.8, 4) is 17.2 Å². The molecule has 3 rings (SSSR count). The zero-order valence-electron chi connectivity index (χ0n) is 22.2. The van der Waals surface area contributed by atoms with Crippen LogP contribution in [0.2, 0.25) is 0 Å². The minimum absolute atomic E-state index is 0.0981. The van der Waals surface area contributed by atoms with Crippen LogP contribution in [0.15, 0.2) is 42.0 Å². The van der Waals surface area contributed by atoms with Gasteiger partial charge in [-0.25, -0.2) is 9.88 Å². The molecular weight excluding hydrogens is 513 g/mol. The van der Waals surface area contributed by atoms with E-state index >= 15 is 0 Å². The number of hydrogen-bond acceptors (Lipinski definition) is 9. The van der Waals surface area contributed by atoms with Gasteiger partial charge >= 0.3 is 19.5 Å². The lowest BCUT2D eigenvalue weighted by atomic mass is 9.95. The Morgan fingerprint density at radius 1 is 1.29 bits per heavy atom. The average molecular weight is 548 g/mol. The summed E-state index contributed by atoms with van der Waals surface area (Å²) < 4.78 is 40.6. The van der Waals surface area contributed by atoms with Crippen LogP contribution in [0.4, 0.5) is 0 Å². The molecule has 2 N–H and O–H groups in total. The molecule has 0 spiro atoms. The Morgan fingerprint density at radius 2 is 2.00 bits per heavy atom. The first-order valence-electron chi connectivity index (χ1n) is 12.2. The van der Waals surface area contributed by atoms with E-state index in [0.717, 1.165) is 11.1 Å². The summed E-state index contributed by atoms with van der Waals surface area (Å²) in [6, 6.07) is 7.72.